The summed E-state index contributed by atoms with van der Waals surface area (Å²) in [7, 11) is 9.43. The number of nitrogens with zero attached hydrogens (tertiary/aromatic N) is 5. The minimum Gasteiger partial charge on any atom is -1.00 e. The van der Waals surface area contributed by atoms with E-state index in [0.717, 1.165) is 40.9 Å². The second kappa shape index (κ2) is 30.8. The number of likely N-dealkylation sites (N-methyl/N-ethyl adjacent to an activating group) is 1. The quantitative estimate of drug-likeness (QED) is 0.165. The van der Waals surface area contributed by atoms with Gasteiger partial charge in [-0.2, -0.15) is 0 Å². The molecule has 0 aliphatic carbocycles. The zero-order chi connectivity index (χ0) is 53.1. The number of hydrogen-bond donors (Lipinski definition) is 0. The number of methoxy groups -OCH3 is 2. The monoisotopic (exact) mass is 1160 g/mol. The first-order valence-corrected chi connectivity index (χ1v) is 25.8. The molecule has 75 heavy (non-hydrogen) atoms. The Morgan fingerprint density at radius 1 is 0.653 bits per heavy atom. The molecular weight excluding hydrogens is 1090 g/mol. The van der Waals surface area contributed by atoms with E-state index in [9.17, 15) is 19.2 Å². The van der Waals surface area contributed by atoms with Crippen LogP contribution in [0.2, 0.25) is 0 Å². The van der Waals surface area contributed by atoms with Crippen molar-refractivity contribution in [3.05, 3.63) is 67.1 Å². The molecule has 3 saturated heterocycles. The van der Waals surface area contributed by atoms with Gasteiger partial charge >= 0.3 is 35.2 Å². The Bertz CT molecular complexity index is 2190. The van der Waals surface area contributed by atoms with Crippen LogP contribution in [0.5, 0.6) is 11.5 Å². The Hall–Kier alpha value is -3.23. The van der Waals surface area contributed by atoms with Gasteiger partial charge in [0, 0.05) is 46.2 Å². The van der Waals surface area contributed by atoms with Crippen molar-refractivity contribution in [2.75, 3.05) is 55.7 Å². The Kier molecular flexibility index (Phi) is 27.9. The number of halogens is 1. The van der Waals surface area contributed by atoms with Crippen LogP contribution in [0.15, 0.2) is 58.5 Å². The van der Waals surface area contributed by atoms with Crippen molar-refractivity contribution >= 4 is 80.8 Å². The van der Waals surface area contributed by atoms with Crippen LogP contribution >= 0.6 is 23.5 Å². The van der Waals surface area contributed by atoms with Crippen molar-refractivity contribution < 1.29 is 83.6 Å². The number of benzene rings is 2. The van der Waals surface area contributed by atoms with Crippen molar-refractivity contribution in [3.8, 4) is 11.5 Å². The number of ether oxygens (including phenoxy) is 9. The number of aliphatic imine (C=N–C) groups is 2. The molecule has 5 heterocycles. The fraction of sp³-hybridized carbons (Fsp3) is 0.635. The standard InChI is InChI=1S/C24H35N3O7S.C23H32N2O6S.C4H8O.CH3.BrH.Mg/c1-14-18(32-13-15-9-11-16(30-7)12-10-15)17-21(33-19(14)20(28)27(6)31-8)35-22(25-17)26(5)23(29)34-24(2,3)4;1-13-18(14(2)26)30-20-17(19(13)29-12-15-8-10-16(28-7)11-9-15)24-21(32-20)25(6)22(27)31-23(3,4)5;1-2-4-5-3-1;;;/h9-12,14,17-19,21H,13H2,1-8H3;8-11,13,17-20H,12H2,1-7H3;1-4H2;1H3;1H;/q;;;-1;;+2/p-1/t14-,17+,18-,19-,21+;13-,17-,18+,19+,20-;;;;/m01..../s1. The number of fused-ring (bicyclic) bond motifs is 2. The Morgan fingerprint density at radius 2 is 1.03 bits per heavy atom. The summed E-state index contributed by atoms with van der Waals surface area (Å²) < 4.78 is 51.2. The van der Waals surface area contributed by atoms with E-state index in [0.29, 0.717) is 23.5 Å². The maximum atomic E-state index is 13.0. The molecule has 3 fully saturated rings. The Morgan fingerprint density at radius 3 is 1.35 bits per heavy atom. The average Bonchev–Trinajstić information content (AvgIpc) is 4.15. The molecule has 7 rings (SSSR count). The Balaban J connectivity index is 0.000000453. The van der Waals surface area contributed by atoms with Gasteiger partial charge in [-0.25, -0.2) is 14.7 Å². The molecule has 0 unspecified atom stereocenters. The summed E-state index contributed by atoms with van der Waals surface area (Å²) in [5.41, 5.74) is -0.234. The van der Waals surface area contributed by atoms with E-state index in [2.05, 4.69) is 0 Å². The maximum Gasteiger partial charge on any atom is 2.00 e. The van der Waals surface area contributed by atoms with E-state index in [1.54, 1.807) is 49.1 Å². The largest absolute Gasteiger partial charge is 2.00 e. The van der Waals surface area contributed by atoms with E-state index in [1.807, 2.05) is 83.1 Å². The number of ketones is 1. The number of hydroxylamine groups is 2. The third kappa shape index (κ3) is 19.3. The van der Waals surface area contributed by atoms with Gasteiger partial charge in [-0.05, 0) is 96.7 Å². The predicted octanol–water partition coefficient (Wildman–Crippen LogP) is 5.04. The number of amides is 3. The summed E-state index contributed by atoms with van der Waals surface area (Å²) in [5, 5.41) is 2.09. The number of carbonyl (C=O) groups is 4. The fourth-order valence-corrected chi connectivity index (χ4v) is 10.3. The zero-order valence-electron chi connectivity index (χ0n) is 46.5. The first kappa shape index (κ1) is 67.9. The molecule has 19 nitrogen and oxygen atoms in total. The first-order chi connectivity index (χ1) is 33.9. The molecule has 2 aromatic rings. The van der Waals surface area contributed by atoms with Crippen LogP contribution in [0.3, 0.4) is 0 Å². The van der Waals surface area contributed by atoms with Gasteiger partial charge in [0.15, 0.2) is 16.1 Å². The smallest absolute Gasteiger partial charge is 1.00 e. The average molecular weight is 1170 g/mol. The SMILES string of the molecule is C1CCOC1.COc1ccc(CO[C@H]2[C@H](C)[C@@H](C(=O)N(C)OC)O[C@@H]3SC(N(C)C(=O)OC(C)(C)C)=N[C@H]23)cc1.COc1ccc(CO[C@H]2[C@H](C)[C@@H](C(C)=O)O[C@@H]3SC(N(C)C(=O)OC(C)(C)C)=N[C@H]23)cc1.[Br-].[CH3-].[Mg+2]. The topological polar surface area (TPSA) is 195 Å². The summed E-state index contributed by atoms with van der Waals surface area (Å²) in [5.74, 6) is 0.650. The predicted molar refractivity (Wildman–Crippen MR) is 287 cm³/mol. The molecule has 3 amide bonds. The molecule has 5 aliphatic rings. The van der Waals surface area contributed by atoms with E-state index >= 15 is 0 Å². The number of rotatable bonds is 11. The number of amidine groups is 2. The van der Waals surface area contributed by atoms with Crippen LogP contribution in [-0.2, 0) is 60.8 Å². The van der Waals surface area contributed by atoms with E-state index in [-0.39, 0.29) is 83.1 Å². The van der Waals surface area contributed by atoms with Crippen molar-refractivity contribution in [2.24, 2.45) is 21.8 Å². The molecule has 0 aromatic heterocycles. The van der Waals surface area contributed by atoms with Crippen molar-refractivity contribution in [3.63, 3.8) is 0 Å². The molecule has 0 radical (unpaired) electrons. The second-order valence-electron chi connectivity index (χ2n) is 19.9. The van der Waals surface area contributed by atoms with Crippen LogP contribution in [0.4, 0.5) is 9.59 Å². The molecule has 416 valence electrons. The molecule has 0 bridgehead atoms. The summed E-state index contributed by atoms with van der Waals surface area (Å²) in [6.45, 7) is 18.9. The van der Waals surface area contributed by atoms with Crippen LogP contribution in [0.25, 0.3) is 0 Å². The van der Waals surface area contributed by atoms with Crippen LogP contribution < -0.4 is 26.5 Å². The van der Waals surface area contributed by atoms with Crippen LogP contribution in [0.1, 0.15) is 86.3 Å². The van der Waals surface area contributed by atoms with Gasteiger partial charge in [0.2, 0.25) is 0 Å². The summed E-state index contributed by atoms with van der Waals surface area (Å²) in [6, 6.07) is 14.5. The summed E-state index contributed by atoms with van der Waals surface area (Å²) in [4.78, 5) is 67.7. The number of carbonyl (C=O) groups excluding carboxylic acids is 4. The van der Waals surface area contributed by atoms with Gasteiger partial charge in [-0.3, -0.25) is 34.2 Å². The van der Waals surface area contributed by atoms with Gasteiger partial charge < -0.3 is 67.0 Å². The maximum absolute atomic E-state index is 13.0. The van der Waals surface area contributed by atoms with Crippen LogP contribution in [0, 0.1) is 19.3 Å². The molecule has 2 aromatic carbocycles. The fourth-order valence-electron chi connectivity index (χ4n) is 7.97. The normalized spacial score (nSPS) is 25.4. The molecule has 0 saturated carbocycles. The van der Waals surface area contributed by atoms with Crippen molar-refractivity contribution in [2.45, 2.75) is 147 Å². The summed E-state index contributed by atoms with van der Waals surface area (Å²) in [6.07, 6.45) is -0.622. The first-order valence-electron chi connectivity index (χ1n) is 24.1. The van der Waals surface area contributed by atoms with Gasteiger partial charge in [0.05, 0.1) is 46.8 Å². The van der Waals surface area contributed by atoms with E-state index in [1.165, 1.54) is 67.2 Å². The summed E-state index contributed by atoms with van der Waals surface area (Å²) >= 11 is 2.59. The minimum absolute atomic E-state index is 0. The Labute approximate surface area is 479 Å². The molecule has 10 atom stereocenters. The molecule has 5 aliphatic heterocycles. The molecular formula is C52H78BrMgN5O14S2. The number of Topliss-reactive ketones (excluding diaryl/α,β-unsaturated/α-hetero) is 1. The van der Waals surface area contributed by atoms with Crippen molar-refractivity contribution in [1.29, 1.82) is 0 Å². The van der Waals surface area contributed by atoms with E-state index in [4.69, 9.17) is 57.5 Å². The molecule has 23 heteroatoms. The van der Waals surface area contributed by atoms with Gasteiger partial charge in [-0.1, -0.05) is 61.6 Å². The zero-order valence-corrected chi connectivity index (χ0v) is 51.1. The minimum atomic E-state index is -0.795. The van der Waals surface area contributed by atoms with Crippen molar-refractivity contribution in [1.82, 2.24) is 14.9 Å². The number of hydrogen-bond acceptors (Lipinski definition) is 18. The van der Waals surface area contributed by atoms with Gasteiger partial charge in [0.25, 0.3) is 5.91 Å². The molecule has 0 spiro atoms. The molecule has 0 N–H and O–H groups in total. The second-order valence-corrected chi connectivity index (χ2v) is 22.0. The third-order valence-corrected chi connectivity index (χ3v) is 14.3. The van der Waals surface area contributed by atoms with Gasteiger partial charge in [-0.15, -0.1) is 0 Å². The number of thioether (sulfide) groups is 2. The third-order valence-electron chi connectivity index (χ3n) is 11.9. The van der Waals surface area contributed by atoms with E-state index < -0.39 is 58.6 Å². The van der Waals surface area contributed by atoms with Crippen LogP contribution in [-0.4, -0.2) is 186 Å². The van der Waals surface area contributed by atoms with Gasteiger partial charge in [0.1, 0.15) is 57.9 Å².